The highest BCUT2D eigenvalue weighted by Gasteiger charge is 2.38. The molecular formula is C43H40N4O5S. The Kier molecular flexibility index (Phi) is 11.7. The van der Waals surface area contributed by atoms with Crippen molar-refractivity contribution in [1.82, 2.24) is 15.3 Å². The van der Waals surface area contributed by atoms with Gasteiger partial charge in [0, 0.05) is 41.9 Å². The molecule has 0 bridgehead atoms. The third-order valence-corrected chi connectivity index (χ3v) is 9.97. The van der Waals surface area contributed by atoms with Crippen molar-refractivity contribution < 1.29 is 24.1 Å². The minimum absolute atomic E-state index is 0.0127. The number of amides is 2. The highest BCUT2D eigenvalue weighted by atomic mass is 32.2. The van der Waals surface area contributed by atoms with Crippen LogP contribution in [0.4, 0.5) is 10.5 Å². The molecule has 1 fully saturated rings. The van der Waals surface area contributed by atoms with Gasteiger partial charge in [-0.1, -0.05) is 97.5 Å². The van der Waals surface area contributed by atoms with E-state index in [9.17, 15) is 9.90 Å². The molecule has 0 aliphatic carbocycles. The Bertz CT molecular complexity index is 2090. The molecule has 10 heteroatoms. The molecule has 0 spiro atoms. The molecule has 1 aromatic heterocycles. The number of hydrogen-bond donors (Lipinski definition) is 3. The number of benzene rings is 5. The number of nitrogens with zero attached hydrogens (tertiary/aromatic N) is 2. The second kappa shape index (κ2) is 17.3. The molecule has 6 aromatic rings. The monoisotopic (exact) mass is 724 g/mol. The van der Waals surface area contributed by atoms with E-state index in [0.29, 0.717) is 28.9 Å². The molecule has 2 amide bonds. The van der Waals surface area contributed by atoms with Crippen LogP contribution in [0.3, 0.4) is 0 Å². The predicted octanol–water partition coefficient (Wildman–Crippen LogP) is 9.33. The average Bonchev–Trinajstić information content (AvgIpc) is 3.21. The van der Waals surface area contributed by atoms with E-state index < -0.39 is 6.29 Å². The maximum Gasteiger partial charge on any atom is 0.319 e. The zero-order valence-corrected chi connectivity index (χ0v) is 30.0. The molecule has 0 saturated carbocycles. The minimum Gasteiger partial charge on any atom is -0.457 e. The number of hydrogen-bond acceptors (Lipinski definition) is 8. The number of urea groups is 1. The standard InChI is InChI=1S/C43H40N4O5S/c1-29-39(28-53-43-44-22-7-23-45-43)51-41(52-40(29)32-16-14-30(27-48)15-17-32)35-11-6-10-34(25-35)33-9-5-8-31(24-33)26-46-42(49)47-36-18-20-38(21-19-36)50-37-12-3-2-4-13-37/h2-25,29,39-41,48H,26-28H2,1H3,(H2,46,47,49)/t29-,39+,40+,41+/m1/s1. The molecule has 3 N–H and O–H groups in total. The second-order valence-electron chi connectivity index (χ2n) is 12.7. The van der Waals surface area contributed by atoms with Crippen molar-refractivity contribution in [3.8, 4) is 22.6 Å². The normalized spacial score (nSPS) is 18.2. The van der Waals surface area contributed by atoms with E-state index in [2.05, 4.69) is 51.8 Å². The van der Waals surface area contributed by atoms with Crippen LogP contribution in [0.5, 0.6) is 11.5 Å². The summed E-state index contributed by atoms with van der Waals surface area (Å²) >= 11 is 1.56. The SMILES string of the molecule is C[C@@H]1[C@H](CSc2ncccn2)O[C@H](c2cccc(-c3cccc(CNC(=O)Nc4ccc(Oc5ccccc5)cc4)c3)c2)O[C@@H]1c1ccc(CO)cc1. The third kappa shape index (κ3) is 9.48. The van der Waals surface area contributed by atoms with Gasteiger partial charge in [-0.25, -0.2) is 14.8 Å². The molecule has 7 rings (SSSR count). The number of thioether (sulfide) groups is 1. The van der Waals surface area contributed by atoms with Gasteiger partial charge < -0.3 is 30.0 Å². The summed E-state index contributed by atoms with van der Waals surface area (Å²) in [6.45, 7) is 2.48. The number of para-hydroxylation sites is 1. The molecule has 53 heavy (non-hydrogen) atoms. The molecule has 5 aromatic carbocycles. The lowest BCUT2D eigenvalue weighted by atomic mass is 9.91. The Morgan fingerprint density at radius 3 is 2.23 bits per heavy atom. The third-order valence-electron chi connectivity index (χ3n) is 9.01. The van der Waals surface area contributed by atoms with Crippen LogP contribution in [0.15, 0.2) is 151 Å². The molecule has 0 radical (unpaired) electrons. The minimum atomic E-state index is -0.608. The van der Waals surface area contributed by atoms with Crippen molar-refractivity contribution in [3.05, 3.63) is 168 Å². The van der Waals surface area contributed by atoms with Gasteiger partial charge in [-0.15, -0.1) is 0 Å². The van der Waals surface area contributed by atoms with Gasteiger partial charge in [0.25, 0.3) is 0 Å². The molecule has 0 unspecified atom stereocenters. The van der Waals surface area contributed by atoms with Crippen LogP contribution in [-0.2, 0) is 22.6 Å². The van der Waals surface area contributed by atoms with E-state index in [-0.39, 0.29) is 30.8 Å². The lowest BCUT2D eigenvalue weighted by Crippen LogP contribution is -2.38. The number of nitrogens with one attached hydrogen (secondary N) is 2. The molecular weight excluding hydrogens is 685 g/mol. The first kappa shape index (κ1) is 35.9. The van der Waals surface area contributed by atoms with E-state index >= 15 is 0 Å². The fourth-order valence-electron chi connectivity index (χ4n) is 6.14. The van der Waals surface area contributed by atoms with Gasteiger partial charge in [0.2, 0.25) is 0 Å². The van der Waals surface area contributed by atoms with Crippen LogP contribution in [-0.4, -0.2) is 33.0 Å². The van der Waals surface area contributed by atoms with Crippen LogP contribution >= 0.6 is 11.8 Å². The highest BCUT2D eigenvalue weighted by molar-refractivity contribution is 7.99. The maximum absolute atomic E-state index is 12.8. The number of rotatable bonds is 12. The number of ether oxygens (including phenoxy) is 3. The van der Waals surface area contributed by atoms with Crippen LogP contribution < -0.4 is 15.4 Å². The average molecular weight is 725 g/mol. The highest BCUT2D eigenvalue weighted by Crippen LogP contribution is 2.43. The Labute approximate surface area is 313 Å². The summed E-state index contributed by atoms with van der Waals surface area (Å²) < 4.78 is 19.2. The molecule has 1 aliphatic rings. The number of anilines is 1. The zero-order chi connectivity index (χ0) is 36.4. The first-order chi connectivity index (χ1) is 26.0. The summed E-state index contributed by atoms with van der Waals surface area (Å²) in [6, 6.07) is 42.5. The number of aliphatic hydroxyl groups excluding tert-OH is 1. The van der Waals surface area contributed by atoms with Crippen LogP contribution in [0.25, 0.3) is 11.1 Å². The summed E-state index contributed by atoms with van der Waals surface area (Å²) in [7, 11) is 0. The van der Waals surface area contributed by atoms with Crippen LogP contribution in [0.1, 0.15) is 41.6 Å². The van der Waals surface area contributed by atoms with E-state index in [1.807, 2.05) is 91.0 Å². The van der Waals surface area contributed by atoms with Gasteiger partial charge in [-0.2, -0.15) is 0 Å². The van der Waals surface area contributed by atoms with Crippen molar-refractivity contribution in [2.24, 2.45) is 5.92 Å². The maximum atomic E-state index is 12.8. The summed E-state index contributed by atoms with van der Waals surface area (Å²) in [5.41, 5.74) is 6.42. The van der Waals surface area contributed by atoms with Gasteiger partial charge >= 0.3 is 6.03 Å². The Hall–Kier alpha value is -5.52. The molecule has 4 atom stereocenters. The first-order valence-electron chi connectivity index (χ1n) is 17.5. The van der Waals surface area contributed by atoms with Gasteiger partial charge in [0.1, 0.15) is 11.5 Å². The molecule has 1 aliphatic heterocycles. The molecule has 268 valence electrons. The van der Waals surface area contributed by atoms with Crippen molar-refractivity contribution in [3.63, 3.8) is 0 Å². The van der Waals surface area contributed by atoms with Crippen LogP contribution in [0, 0.1) is 5.92 Å². The number of carbonyl (C=O) groups is 1. The van der Waals surface area contributed by atoms with Gasteiger partial charge in [-0.05, 0) is 82.4 Å². The van der Waals surface area contributed by atoms with Gasteiger partial charge in [0.05, 0.1) is 18.8 Å². The number of aliphatic hydroxyl groups is 1. The smallest absolute Gasteiger partial charge is 0.319 e. The summed E-state index contributed by atoms with van der Waals surface area (Å²) in [4.78, 5) is 21.5. The van der Waals surface area contributed by atoms with Crippen molar-refractivity contribution in [2.75, 3.05) is 11.1 Å². The fraction of sp³-hybridized carbons (Fsp3) is 0.186. The van der Waals surface area contributed by atoms with E-state index in [1.165, 1.54) is 0 Å². The van der Waals surface area contributed by atoms with Gasteiger partial charge in [-0.3, -0.25) is 0 Å². The fourth-order valence-corrected chi connectivity index (χ4v) is 7.11. The topological polar surface area (TPSA) is 115 Å². The van der Waals surface area contributed by atoms with Gasteiger partial charge in [0.15, 0.2) is 11.4 Å². The Morgan fingerprint density at radius 2 is 1.47 bits per heavy atom. The van der Waals surface area contributed by atoms with Crippen LogP contribution in [0.2, 0.25) is 0 Å². The van der Waals surface area contributed by atoms with Crippen molar-refractivity contribution in [1.29, 1.82) is 0 Å². The number of carbonyl (C=O) groups excluding carboxylic acids is 1. The second-order valence-corrected chi connectivity index (χ2v) is 13.7. The zero-order valence-electron chi connectivity index (χ0n) is 29.2. The molecule has 1 saturated heterocycles. The summed E-state index contributed by atoms with van der Waals surface area (Å²) in [5, 5.41) is 16.1. The molecule has 9 nitrogen and oxygen atoms in total. The lowest BCUT2D eigenvalue weighted by molar-refractivity contribution is -0.268. The predicted molar refractivity (Wildman–Crippen MR) is 206 cm³/mol. The van der Waals surface area contributed by atoms with E-state index in [4.69, 9.17) is 14.2 Å². The lowest BCUT2D eigenvalue weighted by Gasteiger charge is -2.41. The Morgan fingerprint density at radius 1 is 0.755 bits per heavy atom. The Balaban J connectivity index is 1.01. The van der Waals surface area contributed by atoms with Crippen molar-refractivity contribution in [2.45, 2.75) is 43.7 Å². The van der Waals surface area contributed by atoms with E-state index in [1.54, 1.807) is 42.4 Å². The summed E-state index contributed by atoms with van der Waals surface area (Å²) in [6.07, 6.45) is 2.51. The first-order valence-corrected chi connectivity index (χ1v) is 18.5. The summed E-state index contributed by atoms with van der Waals surface area (Å²) in [5.74, 6) is 2.13. The largest absolute Gasteiger partial charge is 0.457 e. The van der Waals surface area contributed by atoms with Crippen molar-refractivity contribution >= 4 is 23.5 Å². The quantitative estimate of drug-likeness (QED) is 0.0845. The molecule has 2 heterocycles. The number of aromatic nitrogens is 2. The van der Waals surface area contributed by atoms with E-state index in [0.717, 1.165) is 39.1 Å².